The van der Waals surface area contributed by atoms with Crippen LogP contribution in [0.15, 0.2) is 53.7 Å². The minimum absolute atomic E-state index is 0.0492. The summed E-state index contributed by atoms with van der Waals surface area (Å²) in [4.78, 5) is 14.9. The fourth-order valence-electron chi connectivity index (χ4n) is 2.85. The molecule has 152 valence electrons. The zero-order chi connectivity index (χ0) is 21.4. The molecule has 0 aliphatic carbocycles. The van der Waals surface area contributed by atoms with Crippen LogP contribution in [0.1, 0.15) is 5.69 Å². The largest absolute Gasteiger partial charge is 0.480 e. The smallest absolute Gasteiger partial charge is 0.433 e. The first-order valence-corrected chi connectivity index (χ1v) is 9.98. The Balaban J connectivity index is 2.33. The summed E-state index contributed by atoms with van der Waals surface area (Å²) in [5, 5.41) is 12.9. The molecule has 11 heteroatoms. The Morgan fingerprint density at radius 1 is 1.07 bits per heavy atom. The molecule has 0 amide bonds. The highest BCUT2D eigenvalue weighted by Gasteiger charge is 2.41. The third kappa shape index (κ3) is 4.29. The molecule has 2 aromatic heterocycles. The van der Waals surface area contributed by atoms with Crippen molar-refractivity contribution < 1.29 is 31.5 Å². The van der Waals surface area contributed by atoms with Crippen LogP contribution in [0.5, 0.6) is 0 Å². The summed E-state index contributed by atoms with van der Waals surface area (Å²) < 4.78 is 65.3. The second kappa shape index (κ2) is 7.32. The van der Waals surface area contributed by atoms with Crippen molar-refractivity contribution in [2.24, 2.45) is 0 Å². The van der Waals surface area contributed by atoms with Crippen LogP contribution >= 0.6 is 0 Å². The van der Waals surface area contributed by atoms with Gasteiger partial charge in [0.1, 0.15) is 12.2 Å². The summed E-state index contributed by atoms with van der Waals surface area (Å²) in [5.74, 6) is -1.49. The monoisotopic (exact) mass is 425 g/mol. The molecule has 0 atom stereocenters. The Hall–Kier alpha value is -3.21. The lowest BCUT2D eigenvalue weighted by Crippen LogP contribution is -2.19. The van der Waals surface area contributed by atoms with Crippen LogP contribution in [0, 0.1) is 0 Å². The number of benzene rings is 1. The number of aromatic nitrogens is 3. The maximum atomic E-state index is 13.9. The van der Waals surface area contributed by atoms with E-state index >= 15 is 0 Å². The number of nitrogens with zero attached hydrogens (tertiary/aromatic N) is 3. The molecule has 0 saturated carbocycles. The number of hydrogen-bond acceptors (Lipinski definition) is 5. The van der Waals surface area contributed by atoms with Crippen molar-refractivity contribution in [1.29, 1.82) is 0 Å². The van der Waals surface area contributed by atoms with Gasteiger partial charge in [-0.25, -0.2) is 13.1 Å². The highest BCUT2D eigenvalue weighted by atomic mass is 32.2. The van der Waals surface area contributed by atoms with Crippen molar-refractivity contribution in [2.75, 3.05) is 6.26 Å². The molecule has 0 bridgehead atoms. The van der Waals surface area contributed by atoms with Crippen molar-refractivity contribution in [3.8, 4) is 22.4 Å². The van der Waals surface area contributed by atoms with E-state index < -0.39 is 34.2 Å². The summed E-state index contributed by atoms with van der Waals surface area (Å²) in [7, 11) is -3.54. The van der Waals surface area contributed by atoms with Crippen LogP contribution in [-0.4, -0.2) is 40.5 Å². The molecule has 0 aliphatic rings. The SMILES string of the molecule is CS(=O)(=O)c1ccc(-c2c(-c3ccncc3)nn(CC(=O)O)c2C(F)(F)F)cc1. The van der Waals surface area contributed by atoms with Gasteiger partial charge in [0.15, 0.2) is 15.5 Å². The van der Waals surface area contributed by atoms with E-state index in [0.29, 0.717) is 10.2 Å². The van der Waals surface area contributed by atoms with Crippen LogP contribution in [0.2, 0.25) is 0 Å². The normalized spacial score (nSPS) is 12.1. The van der Waals surface area contributed by atoms with Crippen LogP contribution in [0.4, 0.5) is 13.2 Å². The van der Waals surface area contributed by atoms with Gasteiger partial charge in [-0.2, -0.15) is 18.3 Å². The first-order valence-electron chi connectivity index (χ1n) is 8.09. The zero-order valence-corrected chi connectivity index (χ0v) is 15.7. The highest BCUT2D eigenvalue weighted by Crippen LogP contribution is 2.42. The van der Waals surface area contributed by atoms with Crippen molar-refractivity contribution in [3.63, 3.8) is 0 Å². The standard InChI is InChI=1S/C18H14F3N3O4S/c1-29(27,28)13-4-2-11(3-5-13)15-16(12-6-8-22-9-7-12)23-24(10-14(25)26)17(15)18(19,20)21/h2-9H,10H2,1H3,(H,25,26). The van der Waals surface area contributed by atoms with E-state index in [9.17, 15) is 26.4 Å². The molecular formula is C18H14F3N3O4S. The number of halogens is 3. The highest BCUT2D eigenvalue weighted by molar-refractivity contribution is 7.90. The van der Waals surface area contributed by atoms with E-state index in [1.165, 1.54) is 48.8 Å². The van der Waals surface area contributed by atoms with Gasteiger partial charge in [0.2, 0.25) is 0 Å². The van der Waals surface area contributed by atoms with Gasteiger partial charge in [-0.05, 0) is 29.8 Å². The van der Waals surface area contributed by atoms with Crippen molar-refractivity contribution in [1.82, 2.24) is 14.8 Å². The van der Waals surface area contributed by atoms with Gasteiger partial charge in [-0.15, -0.1) is 0 Å². The van der Waals surface area contributed by atoms with E-state index in [4.69, 9.17) is 5.11 Å². The predicted octanol–water partition coefficient (Wildman–Crippen LogP) is 3.12. The Morgan fingerprint density at radius 3 is 2.14 bits per heavy atom. The first-order chi connectivity index (χ1) is 13.5. The van der Waals surface area contributed by atoms with Crippen molar-refractivity contribution in [3.05, 3.63) is 54.5 Å². The number of alkyl halides is 3. The minimum atomic E-state index is -4.90. The topological polar surface area (TPSA) is 102 Å². The zero-order valence-electron chi connectivity index (χ0n) is 14.9. The number of aliphatic carboxylic acids is 1. The molecule has 3 aromatic rings. The molecule has 2 heterocycles. The number of hydrogen-bond donors (Lipinski definition) is 1. The van der Waals surface area contributed by atoms with Crippen LogP contribution < -0.4 is 0 Å². The molecule has 3 rings (SSSR count). The number of carboxylic acid groups (broad SMARTS) is 1. The van der Waals surface area contributed by atoms with Gasteiger partial charge < -0.3 is 5.11 Å². The van der Waals surface area contributed by atoms with E-state index in [2.05, 4.69) is 10.1 Å². The maximum absolute atomic E-state index is 13.9. The van der Waals surface area contributed by atoms with Crippen molar-refractivity contribution in [2.45, 2.75) is 17.6 Å². The average molecular weight is 425 g/mol. The molecule has 0 spiro atoms. The number of pyridine rings is 1. The molecule has 1 N–H and O–H groups in total. The van der Waals surface area contributed by atoms with E-state index in [0.717, 1.165) is 6.26 Å². The number of rotatable bonds is 5. The molecule has 29 heavy (non-hydrogen) atoms. The van der Waals surface area contributed by atoms with E-state index in [-0.39, 0.29) is 21.7 Å². The second-order valence-corrected chi connectivity index (χ2v) is 8.17. The molecule has 0 aliphatic heterocycles. The quantitative estimate of drug-likeness (QED) is 0.674. The van der Waals surface area contributed by atoms with Crippen LogP contribution in [0.25, 0.3) is 22.4 Å². The van der Waals surface area contributed by atoms with Gasteiger partial charge >= 0.3 is 12.1 Å². The number of sulfone groups is 1. The third-order valence-electron chi connectivity index (χ3n) is 4.03. The van der Waals surface area contributed by atoms with Crippen LogP contribution in [0.3, 0.4) is 0 Å². The van der Waals surface area contributed by atoms with Gasteiger partial charge in [0.25, 0.3) is 0 Å². The molecular weight excluding hydrogens is 411 g/mol. The fraction of sp³-hybridized carbons (Fsp3) is 0.167. The summed E-state index contributed by atoms with van der Waals surface area (Å²) in [6, 6.07) is 7.74. The lowest BCUT2D eigenvalue weighted by molar-refractivity contribution is -0.146. The number of carbonyl (C=O) groups is 1. The summed E-state index contributed by atoms with van der Waals surface area (Å²) >= 11 is 0. The molecule has 0 radical (unpaired) electrons. The van der Waals surface area contributed by atoms with Gasteiger partial charge in [0, 0.05) is 29.8 Å². The van der Waals surface area contributed by atoms with Crippen molar-refractivity contribution >= 4 is 15.8 Å². The average Bonchev–Trinajstić information content (AvgIpc) is 3.00. The van der Waals surface area contributed by atoms with Gasteiger partial charge in [-0.3, -0.25) is 9.78 Å². The fourth-order valence-corrected chi connectivity index (χ4v) is 3.48. The second-order valence-electron chi connectivity index (χ2n) is 6.15. The Labute approximate surface area is 163 Å². The Bertz CT molecular complexity index is 1160. The molecule has 0 fully saturated rings. The predicted molar refractivity (Wildman–Crippen MR) is 96.6 cm³/mol. The summed E-state index contributed by atoms with van der Waals surface area (Å²) in [6.45, 7) is -0.992. The van der Waals surface area contributed by atoms with Gasteiger partial charge in [0.05, 0.1) is 4.90 Å². The molecule has 0 unspecified atom stereocenters. The molecule has 7 nitrogen and oxygen atoms in total. The Morgan fingerprint density at radius 2 is 1.66 bits per heavy atom. The molecule has 0 saturated heterocycles. The maximum Gasteiger partial charge on any atom is 0.433 e. The summed E-state index contributed by atoms with van der Waals surface area (Å²) in [5.41, 5.74) is -1.32. The van der Waals surface area contributed by atoms with E-state index in [1.54, 1.807) is 0 Å². The van der Waals surface area contributed by atoms with Crippen LogP contribution in [-0.2, 0) is 27.4 Å². The third-order valence-corrected chi connectivity index (χ3v) is 5.16. The number of carboxylic acids is 1. The molecule has 1 aromatic carbocycles. The Kier molecular flexibility index (Phi) is 5.18. The van der Waals surface area contributed by atoms with Gasteiger partial charge in [-0.1, -0.05) is 12.1 Å². The lowest BCUT2D eigenvalue weighted by Gasteiger charge is -2.12. The minimum Gasteiger partial charge on any atom is -0.480 e. The van der Waals surface area contributed by atoms with E-state index in [1.807, 2.05) is 0 Å². The lowest BCUT2D eigenvalue weighted by atomic mass is 9.99. The summed E-state index contributed by atoms with van der Waals surface area (Å²) in [6.07, 6.45) is -1.18. The first kappa shape index (κ1) is 20.5.